The van der Waals surface area contributed by atoms with Gasteiger partial charge in [-0.1, -0.05) is 6.07 Å². The van der Waals surface area contributed by atoms with E-state index in [1.54, 1.807) is 0 Å². The molecule has 5 nitrogen and oxygen atoms in total. The van der Waals surface area contributed by atoms with Gasteiger partial charge in [-0.05, 0) is 82.0 Å². The molecule has 4 rings (SSSR count). The zero-order valence-electron chi connectivity index (χ0n) is 17.4. The third-order valence-corrected chi connectivity index (χ3v) is 7.16. The van der Waals surface area contributed by atoms with Crippen LogP contribution in [0.25, 0.3) is 0 Å². The van der Waals surface area contributed by atoms with Crippen LogP contribution in [0.5, 0.6) is 0 Å². The van der Waals surface area contributed by atoms with Crippen LogP contribution in [0.1, 0.15) is 57.4 Å². The van der Waals surface area contributed by atoms with Crippen molar-refractivity contribution in [2.24, 2.45) is 11.8 Å². The first kappa shape index (κ1) is 19.8. The lowest BCUT2D eigenvalue weighted by Crippen LogP contribution is -2.64. The topological polar surface area (TPSA) is 48.5 Å². The highest BCUT2D eigenvalue weighted by Crippen LogP contribution is 2.43. The van der Waals surface area contributed by atoms with Crippen LogP contribution in [0, 0.1) is 11.8 Å². The Bertz CT molecular complexity index is 635. The highest BCUT2D eigenvalue weighted by atomic mass is 16.1. The molecular formula is C23H36N4O. The summed E-state index contributed by atoms with van der Waals surface area (Å²) in [6.45, 7) is 7.53. The van der Waals surface area contributed by atoms with Crippen molar-refractivity contribution in [1.82, 2.24) is 20.1 Å². The average molecular weight is 385 g/mol. The molecule has 28 heavy (non-hydrogen) atoms. The number of hydrogen-bond acceptors (Lipinski definition) is 4. The first-order valence-corrected chi connectivity index (χ1v) is 11.4. The SMILES string of the molecule is CCNC(=O)CCC[C@@H]1[C@H]2CCCN3CCC[C@@H](CN1Cc1cccnc1)[C@@H]23. The van der Waals surface area contributed by atoms with Gasteiger partial charge >= 0.3 is 0 Å². The number of amides is 1. The van der Waals surface area contributed by atoms with Crippen molar-refractivity contribution in [2.45, 2.75) is 70.5 Å². The zero-order valence-corrected chi connectivity index (χ0v) is 17.4. The molecule has 3 fully saturated rings. The predicted molar refractivity (Wildman–Crippen MR) is 112 cm³/mol. The Morgan fingerprint density at radius 2 is 2.14 bits per heavy atom. The van der Waals surface area contributed by atoms with Gasteiger partial charge in [0, 0.05) is 50.5 Å². The number of aromatic nitrogens is 1. The molecule has 0 aliphatic carbocycles. The van der Waals surface area contributed by atoms with Crippen molar-refractivity contribution in [1.29, 1.82) is 0 Å². The van der Waals surface area contributed by atoms with Gasteiger partial charge in [0.25, 0.3) is 0 Å². The molecule has 0 bridgehead atoms. The Morgan fingerprint density at radius 3 is 2.93 bits per heavy atom. The first-order chi connectivity index (χ1) is 13.8. The highest BCUT2D eigenvalue weighted by molar-refractivity contribution is 5.75. The van der Waals surface area contributed by atoms with E-state index in [0.29, 0.717) is 12.5 Å². The fraction of sp³-hybridized carbons (Fsp3) is 0.739. The van der Waals surface area contributed by atoms with Gasteiger partial charge in [-0.25, -0.2) is 0 Å². The molecule has 1 aromatic heterocycles. The second-order valence-corrected chi connectivity index (χ2v) is 8.94. The summed E-state index contributed by atoms with van der Waals surface area (Å²) in [5, 5.41) is 2.95. The lowest BCUT2D eigenvalue weighted by molar-refractivity contribution is -0.121. The van der Waals surface area contributed by atoms with Crippen LogP contribution in [0.2, 0.25) is 0 Å². The lowest BCUT2D eigenvalue weighted by Gasteiger charge is -2.57. The number of pyridine rings is 1. The summed E-state index contributed by atoms with van der Waals surface area (Å²) in [7, 11) is 0. The first-order valence-electron chi connectivity index (χ1n) is 11.4. The summed E-state index contributed by atoms with van der Waals surface area (Å²) < 4.78 is 0. The summed E-state index contributed by atoms with van der Waals surface area (Å²) in [5.41, 5.74) is 1.32. The van der Waals surface area contributed by atoms with Gasteiger partial charge in [0.15, 0.2) is 0 Å². The maximum absolute atomic E-state index is 12.0. The molecule has 4 atom stereocenters. The number of likely N-dealkylation sites (tertiary alicyclic amines) is 1. The van der Waals surface area contributed by atoms with E-state index in [9.17, 15) is 4.79 Å². The molecule has 1 amide bonds. The molecule has 154 valence electrons. The number of rotatable bonds is 7. The average Bonchev–Trinajstić information content (AvgIpc) is 2.71. The van der Waals surface area contributed by atoms with E-state index in [1.807, 2.05) is 19.3 Å². The lowest BCUT2D eigenvalue weighted by atomic mass is 9.69. The van der Waals surface area contributed by atoms with Gasteiger partial charge in [0.05, 0.1) is 0 Å². The largest absolute Gasteiger partial charge is 0.356 e. The number of piperidine rings is 3. The molecule has 3 aliphatic heterocycles. The predicted octanol–water partition coefficient (Wildman–Crippen LogP) is 3.06. The molecule has 0 aromatic carbocycles. The van der Waals surface area contributed by atoms with Crippen LogP contribution >= 0.6 is 0 Å². The molecule has 3 saturated heterocycles. The quantitative estimate of drug-likeness (QED) is 0.785. The summed E-state index contributed by atoms with van der Waals surface area (Å²) in [6, 6.07) is 5.63. The standard InChI is InChI=1S/C23H36N4O/c1-2-25-22(28)11-3-10-21-20-9-6-14-26-13-5-8-19(23(20)26)17-27(21)16-18-7-4-12-24-15-18/h4,7,12,15,19-21,23H,2-3,5-6,8-11,13-14,16-17H2,1H3,(H,25,28)/t19-,20+,21+,23-/m0/s1. The van der Waals surface area contributed by atoms with E-state index in [-0.39, 0.29) is 5.91 Å². The van der Waals surface area contributed by atoms with E-state index < -0.39 is 0 Å². The summed E-state index contributed by atoms with van der Waals surface area (Å²) in [6.07, 6.45) is 12.1. The minimum atomic E-state index is 0.206. The van der Waals surface area contributed by atoms with Crippen LogP contribution in [0.4, 0.5) is 0 Å². The van der Waals surface area contributed by atoms with Gasteiger partial charge in [0.1, 0.15) is 0 Å². The molecule has 0 radical (unpaired) electrons. The maximum atomic E-state index is 12.0. The number of nitrogens with zero attached hydrogens (tertiary/aromatic N) is 3. The monoisotopic (exact) mass is 384 g/mol. The zero-order chi connectivity index (χ0) is 19.3. The minimum absolute atomic E-state index is 0.206. The molecule has 4 heterocycles. The number of carbonyl (C=O) groups excluding carboxylic acids is 1. The smallest absolute Gasteiger partial charge is 0.219 e. The van der Waals surface area contributed by atoms with E-state index in [1.165, 1.54) is 50.9 Å². The Morgan fingerprint density at radius 1 is 1.29 bits per heavy atom. The summed E-state index contributed by atoms with van der Waals surface area (Å²) in [4.78, 5) is 21.8. The van der Waals surface area contributed by atoms with Crippen LogP contribution < -0.4 is 5.32 Å². The molecule has 0 saturated carbocycles. The molecule has 0 unspecified atom stereocenters. The van der Waals surface area contributed by atoms with Crippen molar-refractivity contribution >= 4 is 5.91 Å². The van der Waals surface area contributed by atoms with Gasteiger partial charge in [-0.2, -0.15) is 0 Å². The van der Waals surface area contributed by atoms with Crippen molar-refractivity contribution in [3.05, 3.63) is 30.1 Å². The molecule has 3 aliphatic rings. The number of hydrogen-bond donors (Lipinski definition) is 1. The summed E-state index contributed by atoms with van der Waals surface area (Å²) >= 11 is 0. The normalized spacial score (nSPS) is 30.6. The van der Waals surface area contributed by atoms with Gasteiger partial charge in [-0.3, -0.25) is 19.6 Å². The Kier molecular flexibility index (Phi) is 6.63. The van der Waals surface area contributed by atoms with Crippen LogP contribution in [-0.4, -0.2) is 59.0 Å². The van der Waals surface area contributed by atoms with Crippen LogP contribution in [0.3, 0.4) is 0 Å². The fourth-order valence-electron chi connectivity index (χ4n) is 6.15. The number of carbonyl (C=O) groups is 1. The Labute approximate surface area is 169 Å². The Balaban J connectivity index is 1.49. The second-order valence-electron chi connectivity index (χ2n) is 8.94. The van der Waals surface area contributed by atoms with Gasteiger partial charge in [-0.15, -0.1) is 0 Å². The highest BCUT2D eigenvalue weighted by Gasteiger charge is 2.48. The van der Waals surface area contributed by atoms with Crippen molar-refractivity contribution < 1.29 is 4.79 Å². The van der Waals surface area contributed by atoms with E-state index in [2.05, 4.69) is 32.2 Å². The van der Waals surface area contributed by atoms with Crippen molar-refractivity contribution in [2.75, 3.05) is 26.2 Å². The molecule has 1 aromatic rings. The van der Waals surface area contributed by atoms with Gasteiger partial charge < -0.3 is 5.32 Å². The summed E-state index contributed by atoms with van der Waals surface area (Å²) in [5.74, 6) is 1.78. The second kappa shape index (κ2) is 9.36. The molecule has 1 N–H and O–H groups in total. The van der Waals surface area contributed by atoms with E-state index in [0.717, 1.165) is 43.8 Å². The van der Waals surface area contributed by atoms with Crippen LogP contribution in [0.15, 0.2) is 24.5 Å². The third-order valence-electron chi connectivity index (χ3n) is 7.16. The number of nitrogens with one attached hydrogen (secondary N) is 1. The minimum Gasteiger partial charge on any atom is -0.356 e. The third kappa shape index (κ3) is 4.41. The Hall–Kier alpha value is -1.46. The van der Waals surface area contributed by atoms with E-state index >= 15 is 0 Å². The molecule has 0 spiro atoms. The fourth-order valence-corrected chi connectivity index (χ4v) is 6.15. The van der Waals surface area contributed by atoms with Crippen LogP contribution in [-0.2, 0) is 11.3 Å². The van der Waals surface area contributed by atoms with E-state index in [4.69, 9.17) is 0 Å². The van der Waals surface area contributed by atoms with Gasteiger partial charge in [0.2, 0.25) is 5.91 Å². The van der Waals surface area contributed by atoms with Crippen molar-refractivity contribution in [3.63, 3.8) is 0 Å². The van der Waals surface area contributed by atoms with Crippen molar-refractivity contribution in [3.8, 4) is 0 Å². The molecule has 5 heteroatoms. The molecular weight excluding hydrogens is 348 g/mol. The maximum Gasteiger partial charge on any atom is 0.219 e.